The van der Waals surface area contributed by atoms with Crippen molar-refractivity contribution in [1.29, 1.82) is 0 Å². The highest BCUT2D eigenvalue weighted by atomic mass is 35.5. The van der Waals surface area contributed by atoms with Crippen molar-refractivity contribution in [2.45, 2.75) is 57.7 Å². The van der Waals surface area contributed by atoms with Gasteiger partial charge in [-0.2, -0.15) is 5.10 Å². The first-order valence-electron chi connectivity index (χ1n) is 10.5. The Hall–Kier alpha value is -1.79. The number of hydrogen-bond donors (Lipinski definition) is 1. The number of carbonyl (C=O) groups is 1. The van der Waals surface area contributed by atoms with Gasteiger partial charge in [-0.05, 0) is 62.6 Å². The van der Waals surface area contributed by atoms with Gasteiger partial charge in [0.05, 0.1) is 16.8 Å². The summed E-state index contributed by atoms with van der Waals surface area (Å²) in [5, 5.41) is 10.2. The number of anilines is 1. The van der Waals surface area contributed by atoms with E-state index in [-0.39, 0.29) is 11.9 Å². The van der Waals surface area contributed by atoms with Gasteiger partial charge in [-0.1, -0.05) is 53.4 Å². The third kappa shape index (κ3) is 4.85. The Balaban J connectivity index is 1.63. The molecular formula is C23H25Cl3N4O. The van der Waals surface area contributed by atoms with E-state index in [1.165, 1.54) is 6.42 Å². The Kier molecular flexibility index (Phi) is 6.77. The number of piperidine rings is 1. The maximum absolute atomic E-state index is 13.2. The second kappa shape index (κ2) is 9.37. The summed E-state index contributed by atoms with van der Waals surface area (Å²) in [6.07, 6.45) is 3.77. The molecule has 2 aromatic rings. The summed E-state index contributed by atoms with van der Waals surface area (Å²) < 4.78 is 0. The summed E-state index contributed by atoms with van der Waals surface area (Å²) >= 11 is 18.7. The van der Waals surface area contributed by atoms with Crippen LogP contribution < -0.4 is 10.4 Å². The molecule has 164 valence electrons. The molecule has 2 unspecified atom stereocenters. The van der Waals surface area contributed by atoms with Crippen LogP contribution in [0.15, 0.2) is 47.6 Å². The van der Waals surface area contributed by atoms with Crippen molar-refractivity contribution in [3.05, 3.63) is 63.1 Å². The Morgan fingerprint density at radius 3 is 2.29 bits per heavy atom. The summed E-state index contributed by atoms with van der Waals surface area (Å²) in [7, 11) is 0. The minimum absolute atomic E-state index is 0.173. The molecule has 2 heterocycles. The highest BCUT2D eigenvalue weighted by Gasteiger charge is 2.35. The molecule has 0 radical (unpaired) electrons. The molecule has 2 aliphatic rings. The average Bonchev–Trinajstić information content (AvgIpc) is 3.16. The third-order valence-electron chi connectivity index (χ3n) is 6.01. The highest BCUT2D eigenvalue weighted by molar-refractivity contribution is 6.40. The molecule has 1 amide bonds. The molecular weight excluding hydrogens is 455 g/mol. The summed E-state index contributed by atoms with van der Waals surface area (Å²) in [6, 6.07) is 13.3. The lowest BCUT2D eigenvalue weighted by molar-refractivity contribution is -0.122. The summed E-state index contributed by atoms with van der Waals surface area (Å²) in [4.78, 5) is 13.2. The van der Waals surface area contributed by atoms with Crippen molar-refractivity contribution in [2.24, 2.45) is 5.10 Å². The largest absolute Gasteiger partial charge is 0.283 e. The molecule has 3 atom stereocenters. The van der Waals surface area contributed by atoms with E-state index in [0.29, 0.717) is 45.0 Å². The topological polar surface area (TPSA) is 47.9 Å². The number of rotatable bonds is 4. The van der Waals surface area contributed by atoms with Crippen molar-refractivity contribution in [3.63, 3.8) is 0 Å². The van der Waals surface area contributed by atoms with Crippen LogP contribution in [0.1, 0.15) is 51.1 Å². The van der Waals surface area contributed by atoms with Gasteiger partial charge in [0.25, 0.3) is 5.91 Å². The van der Waals surface area contributed by atoms with E-state index < -0.39 is 0 Å². The molecule has 0 saturated carbocycles. The average molecular weight is 480 g/mol. The van der Waals surface area contributed by atoms with Crippen LogP contribution in [0, 0.1) is 0 Å². The number of halogens is 3. The molecule has 0 aromatic heterocycles. The fourth-order valence-electron chi connectivity index (χ4n) is 4.30. The quantitative estimate of drug-likeness (QED) is 0.564. The molecule has 2 aliphatic heterocycles. The Bertz CT molecular complexity index is 985. The third-order valence-corrected chi connectivity index (χ3v) is 6.80. The minimum atomic E-state index is -0.174. The van der Waals surface area contributed by atoms with Crippen molar-refractivity contribution >= 4 is 52.1 Å². The zero-order chi connectivity index (χ0) is 22.1. The number of nitrogens with zero attached hydrogens (tertiary/aromatic N) is 3. The standard InChI is InChI=1S/C23H25Cl3N4O/c1-14-4-3-5-15(2)29(14)28-23(31)20-13-22(16-6-8-17(24)9-7-16)30(27-20)21-11-10-18(25)12-19(21)26/h6-12,14-15,22H,3-5,13H2,1-2H3,(H,28,31)/t14?,15?,22-/m0/s1. The number of hydrazine groups is 1. The van der Waals surface area contributed by atoms with Gasteiger partial charge in [0.15, 0.2) is 0 Å². The predicted molar refractivity (Wildman–Crippen MR) is 128 cm³/mol. The lowest BCUT2D eigenvalue weighted by Gasteiger charge is -2.38. The zero-order valence-corrected chi connectivity index (χ0v) is 19.8. The van der Waals surface area contributed by atoms with E-state index in [9.17, 15) is 4.79 Å². The van der Waals surface area contributed by atoms with Crippen molar-refractivity contribution in [3.8, 4) is 0 Å². The van der Waals surface area contributed by atoms with Gasteiger partial charge >= 0.3 is 0 Å². The number of nitrogens with one attached hydrogen (secondary N) is 1. The molecule has 4 rings (SSSR count). The van der Waals surface area contributed by atoms with Gasteiger partial charge < -0.3 is 0 Å². The van der Waals surface area contributed by atoms with E-state index >= 15 is 0 Å². The number of amides is 1. The zero-order valence-electron chi connectivity index (χ0n) is 17.5. The van der Waals surface area contributed by atoms with E-state index in [4.69, 9.17) is 39.9 Å². The van der Waals surface area contributed by atoms with Crippen molar-refractivity contribution < 1.29 is 4.79 Å². The smallest absolute Gasteiger partial charge is 0.281 e. The van der Waals surface area contributed by atoms with E-state index in [0.717, 1.165) is 18.4 Å². The molecule has 31 heavy (non-hydrogen) atoms. The maximum Gasteiger partial charge on any atom is 0.281 e. The molecule has 0 aliphatic carbocycles. The van der Waals surface area contributed by atoms with Crippen molar-refractivity contribution in [2.75, 3.05) is 5.01 Å². The monoisotopic (exact) mass is 478 g/mol. The fourth-order valence-corrected chi connectivity index (χ4v) is 4.93. The SMILES string of the molecule is CC1CCCC(C)N1NC(=O)C1=NN(c2ccc(Cl)cc2Cl)[C@H](c2ccc(Cl)cc2)C1. The number of benzene rings is 2. The van der Waals surface area contributed by atoms with Crippen molar-refractivity contribution in [1.82, 2.24) is 10.4 Å². The first-order chi connectivity index (χ1) is 14.8. The Labute approximate surface area is 197 Å². The second-order valence-electron chi connectivity index (χ2n) is 8.24. The molecule has 1 saturated heterocycles. The van der Waals surface area contributed by atoms with Crippen LogP contribution in [-0.2, 0) is 4.79 Å². The normalized spacial score (nSPS) is 24.2. The summed E-state index contributed by atoms with van der Waals surface area (Å²) in [5.41, 5.74) is 5.27. The van der Waals surface area contributed by atoms with Gasteiger partial charge in [-0.3, -0.25) is 15.2 Å². The molecule has 0 spiro atoms. The predicted octanol–water partition coefficient (Wildman–Crippen LogP) is 6.25. The summed E-state index contributed by atoms with van der Waals surface area (Å²) in [6.45, 7) is 4.28. The van der Waals surface area contributed by atoms with Crippen LogP contribution >= 0.6 is 34.8 Å². The van der Waals surface area contributed by atoms with E-state index in [1.54, 1.807) is 17.1 Å². The molecule has 1 fully saturated rings. The van der Waals surface area contributed by atoms with Crippen LogP contribution in [0.4, 0.5) is 5.69 Å². The minimum Gasteiger partial charge on any atom is -0.283 e. The number of hydrogen-bond acceptors (Lipinski definition) is 4. The molecule has 0 bridgehead atoms. The lowest BCUT2D eigenvalue weighted by Crippen LogP contribution is -2.55. The van der Waals surface area contributed by atoms with Gasteiger partial charge in [-0.25, -0.2) is 5.01 Å². The van der Waals surface area contributed by atoms with Crippen LogP contribution in [0.5, 0.6) is 0 Å². The molecule has 1 N–H and O–H groups in total. The van der Waals surface area contributed by atoms with Crippen LogP contribution in [0.25, 0.3) is 0 Å². The summed E-state index contributed by atoms with van der Waals surface area (Å²) in [5.74, 6) is -0.174. The van der Waals surface area contributed by atoms with Gasteiger partial charge in [-0.15, -0.1) is 0 Å². The number of carbonyl (C=O) groups excluding carboxylic acids is 1. The fraction of sp³-hybridized carbons (Fsp3) is 0.391. The lowest BCUT2D eigenvalue weighted by atomic mass is 9.99. The van der Waals surface area contributed by atoms with Gasteiger partial charge in [0, 0.05) is 28.5 Å². The second-order valence-corrected chi connectivity index (χ2v) is 9.52. The van der Waals surface area contributed by atoms with Crippen LogP contribution in [0.2, 0.25) is 15.1 Å². The van der Waals surface area contributed by atoms with Gasteiger partial charge in [0.1, 0.15) is 5.71 Å². The van der Waals surface area contributed by atoms with E-state index in [1.807, 2.05) is 30.3 Å². The highest BCUT2D eigenvalue weighted by Crippen LogP contribution is 2.40. The van der Waals surface area contributed by atoms with E-state index in [2.05, 4.69) is 24.3 Å². The Morgan fingerprint density at radius 2 is 1.65 bits per heavy atom. The number of hydrazone groups is 1. The molecule has 5 nitrogen and oxygen atoms in total. The van der Waals surface area contributed by atoms with Gasteiger partial charge in [0.2, 0.25) is 0 Å². The molecule has 8 heteroatoms. The maximum atomic E-state index is 13.2. The first-order valence-corrected chi connectivity index (χ1v) is 11.6. The van der Waals surface area contributed by atoms with Crippen LogP contribution in [0.3, 0.4) is 0 Å². The van der Waals surface area contributed by atoms with Crippen LogP contribution in [-0.4, -0.2) is 28.7 Å². The molecule has 2 aromatic carbocycles. The Morgan fingerprint density at radius 1 is 1.00 bits per heavy atom. The first kappa shape index (κ1) is 22.4.